The number of hydrogen-bond donors (Lipinski definition) is 2. The van der Waals surface area contributed by atoms with E-state index < -0.39 is 10.0 Å². The molecule has 0 aliphatic heterocycles. The second-order valence-electron chi connectivity index (χ2n) is 4.25. The van der Waals surface area contributed by atoms with Crippen molar-refractivity contribution in [2.24, 2.45) is 0 Å². The van der Waals surface area contributed by atoms with E-state index in [9.17, 15) is 8.42 Å². The molecule has 0 aliphatic carbocycles. The van der Waals surface area contributed by atoms with Crippen LogP contribution in [0.25, 0.3) is 0 Å². The summed E-state index contributed by atoms with van der Waals surface area (Å²) in [5.41, 5.74) is 1.75. The topological polar surface area (TPSA) is 98.6 Å². The molecule has 0 atom stereocenters. The summed E-state index contributed by atoms with van der Waals surface area (Å²) in [5, 5.41) is 8.94. The van der Waals surface area contributed by atoms with Crippen LogP contribution >= 0.6 is 0 Å². The smallest absolute Gasteiger partial charge is 0.215 e. The van der Waals surface area contributed by atoms with Gasteiger partial charge in [0.05, 0.1) is 23.7 Å². The van der Waals surface area contributed by atoms with Gasteiger partial charge in [0.1, 0.15) is 0 Å². The van der Waals surface area contributed by atoms with Crippen molar-refractivity contribution in [3.05, 3.63) is 53.6 Å². The van der Waals surface area contributed by atoms with Crippen LogP contribution in [0, 0.1) is 11.3 Å². The van der Waals surface area contributed by atoms with E-state index >= 15 is 0 Å². The number of hydrogen-bond acceptors (Lipinski definition) is 4. The maximum Gasteiger partial charge on any atom is 0.215 e. The van der Waals surface area contributed by atoms with Gasteiger partial charge in [-0.05, 0) is 11.6 Å². The number of sulfonamides is 1. The minimum atomic E-state index is -3.46. The molecule has 2 rings (SSSR count). The third-order valence-electron chi connectivity index (χ3n) is 2.75. The van der Waals surface area contributed by atoms with Crippen molar-refractivity contribution in [3.63, 3.8) is 0 Å². The molecule has 0 saturated heterocycles. The third kappa shape index (κ3) is 3.91. The van der Waals surface area contributed by atoms with Gasteiger partial charge >= 0.3 is 0 Å². The number of nitrogens with zero attached hydrogens (tertiary/aromatic N) is 2. The predicted molar refractivity (Wildman–Crippen MR) is 74.1 cm³/mol. The van der Waals surface area contributed by atoms with E-state index in [1.54, 1.807) is 36.8 Å². The van der Waals surface area contributed by atoms with Crippen LogP contribution in [-0.2, 0) is 22.2 Å². The summed E-state index contributed by atoms with van der Waals surface area (Å²) in [5.74, 6) is -0.195. The Kier molecular flexibility index (Phi) is 4.50. The summed E-state index contributed by atoms with van der Waals surface area (Å²) in [6, 6.07) is 8.67. The minimum Gasteiger partial charge on any atom is -0.348 e. The Balaban J connectivity index is 1.95. The lowest BCUT2D eigenvalue weighted by atomic mass is 10.1. The second-order valence-corrected chi connectivity index (χ2v) is 6.06. The predicted octanol–water partition coefficient (Wildman–Crippen LogP) is 0.943. The first-order valence-corrected chi connectivity index (χ1v) is 7.68. The number of nitriles is 1. The van der Waals surface area contributed by atoms with E-state index in [-0.39, 0.29) is 5.75 Å². The van der Waals surface area contributed by atoms with Gasteiger partial charge < -0.3 is 4.98 Å². The van der Waals surface area contributed by atoms with Crippen molar-refractivity contribution in [1.82, 2.24) is 14.7 Å². The summed E-state index contributed by atoms with van der Waals surface area (Å²) in [7, 11) is -3.46. The highest BCUT2D eigenvalue weighted by Gasteiger charge is 2.13. The molecular weight excluding hydrogens is 276 g/mol. The lowest BCUT2D eigenvalue weighted by Gasteiger charge is -2.07. The number of rotatable bonds is 6. The fourth-order valence-corrected chi connectivity index (χ4v) is 2.95. The van der Waals surface area contributed by atoms with Crippen LogP contribution in [0.15, 0.2) is 36.8 Å². The zero-order chi connectivity index (χ0) is 14.4. The third-order valence-corrected chi connectivity index (χ3v) is 4.09. The number of nitrogens with one attached hydrogen (secondary N) is 2. The van der Waals surface area contributed by atoms with E-state index in [1.807, 2.05) is 6.07 Å². The zero-order valence-corrected chi connectivity index (χ0v) is 11.5. The van der Waals surface area contributed by atoms with E-state index in [0.29, 0.717) is 24.1 Å². The van der Waals surface area contributed by atoms with Crippen molar-refractivity contribution in [1.29, 1.82) is 5.26 Å². The van der Waals surface area contributed by atoms with Gasteiger partial charge in [0.2, 0.25) is 10.0 Å². The van der Waals surface area contributed by atoms with Gasteiger partial charge in [-0.1, -0.05) is 18.2 Å². The Hall–Kier alpha value is -2.17. The van der Waals surface area contributed by atoms with Gasteiger partial charge in [-0.3, -0.25) is 0 Å². The fraction of sp³-hybridized carbons (Fsp3) is 0.231. The molecule has 7 heteroatoms. The average molecular weight is 290 g/mol. The number of imidazole rings is 1. The molecule has 1 aromatic carbocycles. The van der Waals surface area contributed by atoms with Crippen molar-refractivity contribution in [2.45, 2.75) is 12.2 Å². The number of aromatic nitrogens is 2. The first-order chi connectivity index (χ1) is 9.61. The SMILES string of the molecule is N#Cc1ccccc1CS(=O)(=O)NCCc1cnc[nH]1. The number of benzene rings is 1. The quantitative estimate of drug-likeness (QED) is 0.827. The van der Waals surface area contributed by atoms with Crippen LogP contribution in [0.3, 0.4) is 0 Å². The fourth-order valence-electron chi connectivity index (χ4n) is 1.77. The van der Waals surface area contributed by atoms with Gasteiger partial charge in [-0.15, -0.1) is 0 Å². The summed E-state index contributed by atoms with van der Waals surface area (Å²) >= 11 is 0. The molecular formula is C13H14N4O2S. The van der Waals surface area contributed by atoms with Crippen molar-refractivity contribution >= 4 is 10.0 Å². The number of H-pyrrole nitrogens is 1. The van der Waals surface area contributed by atoms with Crippen LogP contribution in [0.1, 0.15) is 16.8 Å². The molecule has 0 radical (unpaired) electrons. The van der Waals surface area contributed by atoms with Crippen molar-refractivity contribution in [2.75, 3.05) is 6.54 Å². The lowest BCUT2D eigenvalue weighted by molar-refractivity contribution is 0.580. The molecule has 104 valence electrons. The van der Waals surface area contributed by atoms with Gasteiger partial charge in [-0.25, -0.2) is 18.1 Å². The first kappa shape index (κ1) is 14.2. The summed E-state index contributed by atoms with van der Waals surface area (Å²) < 4.78 is 26.4. The van der Waals surface area contributed by atoms with Gasteiger partial charge in [0, 0.05) is 24.9 Å². The van der Waals surface area contributed by atoms with Crippen LogP contribution in [0.4, 0.5) is 0 Å². The van der Waals surface area contributed by atoms with Gasteiger partial charge in [0.25, 0.3) is 0 Å². The molecule has 0 bridgehead atoms. The zero-order valence-electron chi connectivity index (χ0n) is 10.7. The summed E-state index contributed by atoms with van der Waals surface area (Å²) in [6.45, 7) is 0.291. The first-order valence-electron chi connectivity index (χ1n) is 6.03. The molecule has 20 heavy (non-hydrogen) atoms. The Labute approximate surface area is 117 Å². The molecule has 0 aliphatic rings. The normalized spacial score (nSPS) is 11.2. The van der Waals surface area contributed by atoms with Crippen molar-refractivity contribution in [3.8, 4) is 6.07 Å². The Bertz CT molecular complexity index is 702. The number of aromatic amines is 1. The van der Waals surface area contributed by atoms with E-state index in [1.165, 1.54) is 0 Å². The molecule has 0 saturated carbocycles. The van der Waals surface area contributed by atoms with E-state index in [4.69, 9.17) is 5.26 Å². The standard InChI is InChI=1S/C13H14N4O2S/c14-7-11-3-1-2-4-12(11)9-20(18,19)17-6-5-13-8-15-10-16-13/h1-4,8,10,17H,5-6,9H2,(H,15,16). The second kappa shape index (κ2) is 6.32. The molecule has 6 nitrogen and oxygen atoms in total. The minimum absolute atomic E-state index is 0.195. The highest BCUT2D eigenvalue weighted by atomic mass is 32.2. The van der Waals surface area contributed by atoms with Crippen LogP contribution in [-0.4, -0.2) is 24.9 Å². The van der Waals surface area contributed by atoms with E-state index in [2.05, 4.69) is 14.7 Å². The van der Waals surface area contributed by atoms with Crippen LogP contribution < -0.4 is 4.72 Å². The molecule has 0 unspecified atom stereocenters. The van der Waals surface area contributed by atoms with Crippen LogP contribution in [0.5, 0.6) is 0 Å². The molecule has 2 N–H and O–H groups in total. The Morgan fingerprint density at radius 3 is 2.85 bits per heavy atom. The van der Waals surface area contributed by atoms with E-state index in [0.717, 1.165) is 5.69 Å². The lowest BCUT2D eigenvalue weighted by Crippen LogP contribution is -2.27. The molecule has 0 spiro atoms. The highest BCUT2D eigenvalue weighted by Crippen LogP contribution is 2.10. The monoisotopic (exact) mass is 290 g/mol. The molecule has 1 heterocycles. The molecule has 2 aromatic rings. The molecule has 0 fully saturated rings. The largest absolute Gasteiger partial charge is 0.348 e. The molecule has 1 aromatic heterocycles. The molecule has 0 amide bonds. The van der Waals surface area contributed by atoms with Crippen LogP contribution in [0.2, 0.25) is 0 Å². The average Bonchev–Trinajstić information content (AvgIpc) is 2.92. The Morgan fingerprint density at radius 2 is 2.15 bits per heavy atom. The van der Waals surface area contributed by atoms with Gasteiger partial charge in [0.15, 0.2) is 0 Å². The van der Waals surface area contributed by atoms with Crippen molar-refractivity contribution < 1.29 is 8.42 Å². The Morgan fingerprint density at radius 1 is 1.35 bits per heavy atom. The summed E-state index contributed by atoms with van der Waals surface area (Å²) in [4.78, 5) is 6.76. The van der Waals surface area contributed by atoms with Gasteiger partial charge in [-0.2, -0.15) is 5.26 Å². The maximum absolute atomic E-state index is 12.0. The summed E-state index contributed by atoms with van der Waals surface area (Å²) in [6.07, 6.45) is 3.74. The maximum atomic E-state index is 12.0. The highest BCUT2D eigenvalue weighted by molar-refractivity contribution is 7.88.